The van der Waals surface area contributed by atoms with E-state index in [1.165, 1.54) is 4.57 Å². The molecule has 2 aromatic carbocycles. The summed E-state index contributed by atoms with van der Waals surface area (Å²) in [7, 11) is 0. The molecule has 0 aliphatic carbocycles. The minimum atomic E-state index is -0.278. The Morgan fingerprint density at radius 2 is 1.80 bits per heavy atom. The standard InChI is InChI=1S/C15H14N4O/c16-14-18-12-8-4-5-9-13(12)19(14)15(20)17-10-11-6-2-1-3-7-11/h1-9H,10H2,(H2,16,18)(H,17,20). The molecule has 1 amide bonds. The van der Waals surface area contributed by atoms with Crippen molar-refractivity contribution in [2.75, 3.05) is 5.73 Å². The monoisotopic (exact) mass is 266 g/mol. The maximum absolute atomic E-state index is 12.2. The summed E-state index contributed by atoms with van der Waals surface area (Å²) in [5.74, 6) is 0.191. The van der Waals surface area contributed by atoms with Crippen molar-refractivity contribution in [3.63, 3.8) is 0 Å². The average Bonchev–Trinajstić information content (AvgIpc) is 2.82. The highest BCUT2D eigenvalue weighted by molar-refractivity contribution is 5.92. The molecule has 100 valence electrons. The third-order valence-electron chi connectivity index (χ3n) is 3.08. The number of hydrogen-bond acceptors (Lipinski definition) is 3. The van der Waals surface area contributed by atoms with Gasteiger partial charge in [-0.05, 0) is 17.7 Å². The fourth-order valence-corrected chi connectivity index (χ4v) is 2.11. The fourth-order valence-electron chi connectivity index (χ4n) is 2.11. The van der Waals surface area contributed by atoms with Gasteiger partial charge in [-0.3, -0.25) is 0 Å². The van der Waals surface area contributed by atoms with Crippen LogP contribution in [-0.2, 0) is 6.54 Å². The third kappa shape index (κ3) is 2.21. The second-order valence-electron chi connectivity index (χ2n) is 4.44. The fraction of sp³-hybridized carbons (Fsp3) is 0.0667. The Labute approximate surface area is 116 Å². The first kappa shape index (κ1) is 12.2. The number of fused-ring (bicyclic) bond motifs is 1. The van der Waals surface area contributed by atoms with Gasteiger partial charge in [0.1, 0.15) is 0 Å². The number of carbonyl (C=O) groups excluding carboxylic acids is 1. The van der Waals surface area contributed by atoms with Gasteiger partial charge in [-0.2, -0.15) is 0 Å². The Bertz CT molecular complexity index is 749. The predicted octanol–water partition coefficient (Wildman–Crippen LogP) is 2.38. The molecule has 3 N–H and O–H groups in total. The van der Waals surface area contributed by atoms with Crippen molar-refractivity contribution in [2.45, 2.75) is 6.54 Å². The van der Waals surface area contributed by atoms with Crippen LogP contribution in [0.1, 0.15) is 5.56 Å². The average molecular weight is 266 g/mol. The van der Waals surface area contributed by atoms with Gasteiger partial charge in [0.25, 0.3) is 0 Å². The lowest BCUT2D eigenvalue weighted by molar-refractivity contribution is 0.243. The summed E-state index contributed by atoms with van der Waals surface area (Å²) in [6.07, 6.45) is 0. The molecule has 5 nitrogen and oxygen atoms in total. The van der Waals surface area contributed by atoms with E-state index in [2.05, 4.69) is 10.3 Å². The largest absolute Gasteiger partial charge is 0.369 e. The second kappa shape index (κ2) is 5.05. The van der Waals surface area contributed by atoms with Crippen LogP contribution in [0.4, 0.5) is 10.7 Å². The number of rotatable bonds is 2. The van der Waals surface area contributed by atoms with Crippen molar-refractivity contribution in [3.05, 3.63) is 60.2 Å². The van der Waals surface area contributed by atoms with Crippen LogP contribution >= 0.6 is 0 Å². The minimum Gasteiger partial charge on any atom is -0.369 e. The Kier molecular flexibility index (Phi) is 3.09. The van der Waals surface area contributed by atoms with E-state index in [1.807, 2.05) is 54.6 Å². The van der Waals surface area contributed by atoms with E-state index in [9.17, 15) is 4.79 Å². The van der Waals surface area contributed by atoms with Crippen molar-refractivity contribution in [1.82, 2.24) is 14.9 Å². The van der Waals surface area contributed by atoms with Crippen molar-refractivity contribution >= 4 is 23.0 Å². The van der Waals surface area contributed by atoms with Crippen LogP contribution in [-0.4, -0.2) is 15.6 Å². The predicted molar refractivity (Wildman–Crippen MR) is 78.2 cm³/mol. The lowest BCUT2D eigenvalue weighted by Gasteiger charge is -2.07. The topological polar surface area (TPSA) is 72.9 Å². The molecule has 1 aromatic heterocycles. The van der Waals surface area contributed by atoms with Crippen LogP contribution in [0.3, 0.4) is 0 Å². The van der Waals surface area contributed by atoms with Crippen molar-refractivity contribution in [3.8, 4) is 0 Å². The SMILES string of the molecule is Nc1nc2ccccc2n1C(=O)NCc1ccccc1. The van der Waals surface area contributed by atoms with Gasteiger partial charge in [-0.25, -0.2) is 14.3 Å². The summed E-state index contributed by atoms with van der Waals surface area (Å²) in [5, 5.41) is 2.84. The molecule has 5 heteroatoms. The van der Waals surface area contributed by atoms with E-state index in [-0.39, 0.29) is 12.0 Å². The van der Waals surface area contributed by atoms with Gasteiger partial charge in [0.15, 0.2) is 0 Å². The molecule has 0 saturated carbocycles. The molecular formula is C15H14N4O. The number of amides is 1. The molecule has 0 bridgehead atoms. The molecule has 0 radical (unpaired) electrons. The zero-order valence-corrected chi connectivity index (χ0v) is 10.8. The van der Waals surface area contributed by atoms with Crippen LogP contribution in [0, 0.1) is 0 Å². The second-order valence-corrected chi connectivity index (χ2v) is 4.44. The van der Waals surface area contributed by atoms with Gasteiger partial charge in [0.2, 0.25) is 5.95 Å². The molecule has 1 heterocycles. The normalized spacial score (nSPS) is 10.6. The quantitative estimate of drug-likeness (QED) is 0.748. The maximum atomic E-state index is 12.2. The number of anilines is 1. The summed E-state index contributed by atoms with van der Waals surface area (Å²) in [6.45, 7) is 0.450. The summed E-state index contributed by atoms with van der Waals surface area (Å²) < 4.78 is 1.39. The lowest BCUT2D eigenvalue weighted by atomic mass is 10.2. The first-order valence-electron chi connectivity index (χ1n) is 6.31. The van der Waals surface area contributed by atoms with Crippen LogP contribution in [0.5, 0.6) is 0 Å². The molecule has 0 atom stereocenters. The number of benzene rings is 2. The van der Waals surface area contributed by atoms with Gasteiger partial charge in [0.05, 0.1) is 11.0 Å². The minimum absolute atomic E-state index is 0.191. The van der Waals surface area contributed by atoms with E-state index in [4.69, 9.17) is 5.73 Å². The van der Waals surface area contributed by atoms with Crippen LogP contribution in [0.15, 0.2) is 54.6 Å². The van der Waals surface area contributed by atoms with Gasteiger partial charge >= 0.3 is 6.03 Å². The molecule has 20 heavy (non-hydrogen) atoms. The smallest absolute Gasteiger partial charge is 0.329 e. The van der Waals surface area contributed by atoms with Crippen molar-refractivity contribution in [1.29, 1.82) is 0 Å². The zero-order chi connectivity index (χ0) is 13.9. The number of nitrogens with zero attached hydrogens (tertiary/aromatic N) is 2. The first-order chi connectivity index (χ1) is 9.75. The molecule has 0 aliphatic heterocycles. The molecule has 0 aliphatic rings. The van der Waals surface area contributed by atoms with E-state index >= 15 is 0 Å². The number of carbonyl (C=O) groups is 1. The highest BCUT2D eigenvalue weighted by atomic mass is 16.2. The summed E-state index contributed by atoms with van der Waals surface area (Å²) in [5.41, 5.74) is 8.26. The zero-order valence-electron chi connectivity index (χ0n) is 10.8. The molecule has 0 spiro atoms. The Balaban J connectivity index is 1.84. The van der Waals surface area contributed by atoms with Gasteiger partial charge < -0.3 is 11.1 Å². The highest BCUT2D eigenvalue weighted by Gasteiger charge is 2.13. The van der Waals surface area contributed by atoms with E-state index < -0.39 is 0 Å². The number of nitrogens with one attached hydrogen (secondary N) is 1. The van der Waals surface area contributed by atoms with Crippen LogP contribution < -0.4 is 11.1 Å². The summed E-state index contributed by atoms with van der Waals surface area (Å²) >= 11 is 0. The molecular weight excluding hydrogens is 252 g/mol. The number of aromatic nitrogens is 2. The number of imidazole rings is 1. The molecule has 0 saturated heterocycles. The Morgan fingerprint density at radius 3 is 2.60 bits per heavy atom. The van der Waals surface area contributed by atoms with Gasteiger partial charge in [-0.1, -0.05) is 42.5 Å². The number of nitrogen functional groups attached to an aromatic ring is 1. The van der Waals surface area contributed by atoms with Crippen molar-refractivity contribution < 1.29 is 4.79 Å². The van der Waals surface area contributed by atoms with Gasteiger partial charge in [0, 0.05) is 6.54 Å². The molecule has 0 unspecified atom stereocenters. The summed E-state index contributed by atoms with van der Waals surface area (Å²) in [6, 6.07) is 16.8. The highest BCUT2D eigenvalue weighted by Crippen LogP contribution is 2.16. The van der Waals surface area contributed by atoms with E-state index in [0.29, 0.717) is 17.6 Å². The van der Waals surface area contributed by atoms with E-state index in [0.717, 1.165) is 5.56 Å². The Morgan fingerprint density at radius 1 is 1.10 bits per heavy atom. The van der Waals surface area contributed by atoms with E-state index in [1.54, 1.807) is 0 Å². The molecule has 0 fully saturated rings. The number of hydrogen-bond donors (Lipinski definition) is 2. The van der Waals surface area contributed by atoms with Gasteiger partial charge in [-0.15, -0.1) is 0 Å². The maximum Gasteiger partial charge on any atom is 0.329 e. The Hall–Kier alpha value is -2.82. The lowest BCUT2D eigenvalue weighted by Crippen LogP contribution is -2.28. The number of nitrogens with two attached hydrogens (primary N) is 1. The molecule has 3 rings (SSSR count). The van der Waals surface area contributed by atoms with Crippen LogP contribution in [0.25, 0.3) is 11.0 Å². The molecule has 3 aromatic rings. The van der Waals surface area contributed by atoms with Crippen LogP contribution in [0.2, 0.25) is 0 Å². The first-order valence-corrected chi connectivity index (χ1v) is 6.31. The van der Waals surface area contributed by atoms with Crippen molar-refractivity contribution in [2.24, 2.45) is 0 Å². The summed E-state index contributed by atoms with van der Waals surface area (Å²) in [4.78, 5) is 16.4. The third-order valence-corrected chi connectivity index (χ3v) is 3.08. The number of para-hydroxylation sites is 2.